The number of aromatic nitrogens is 1. The van der Waals surface area contributed by atoms with Crippen LogP contribution in [0.25, 0.3) is 10.9 Å². The van der Waals surface area contributed by atoms with E-state index in [9.17, 15) is 27.6 Å². The minimum atomic E-state index is -4.01. The number of nitrogens with one attached hydrogen (secondary N) is 3. The van der Waals surface area contributed by atoms with Crippen LogP contribution in [0.3, 0.4) is 0 Å². The standard InChI is InChI=1S/C47H66N6O9S/c1-6-31-28-47(31,43(56)51-63(58,59)46(5)20-21-46)50-40(54)36-27-32-29-53(36)42(55)39(45(2,3)4)49-44(57)62-37-26-30(37)16-9-7-10-18-34-38(60-25-15-24-52-22-13-8-14-23-52)33-17-11-12-19-35(33)48-41(34)61-32/h6,11-12,17,19,30-32,36-37,39H,1,7-10,13-16,18,20-29H2,2-5H3,(H,49,57)(H,50,54)(H,51,56)/t30?,31-,32-,36+,37-,39-,47-/m1/s1. The first-order valence-corrected chi connectivity index (χ1v) is 24.7. The molecular weight excluding hydrogens is 825 g/mol. The maximum absolute atomic E-state index is 14.9. The van der Waals surface area contributed by atoms with E-state index in [1.165, 1.54) is 30.2 Å². The number of para-hydroxylation sites is 1. The van der Waals surface area contributed by atoms with Gasteiger partial charge in [0.25, 0.3) is 5.91 Å². The Morgan fingerprint density at radius 3 is 2.51 bits per heavy atom. The van der Waals surface area contributed by atoms with Gasteiger partial charge < -0.3 is 34.6 Å². The van der Waals surface area contributed by atoms with Crippen LogP contribution in [0, 0.1) is 17.3 Å². The molecule has 0 spiro atoms. The average Bonchev–Trinajstić information content (AvgIpc) is 4.21. The van der Waals surface area contributed by atoms with Crippen LogP contribution in [0.15, 0.2) is 36.9 Å². The van der Waals surface area contributed by atoms with Gasteiger partial charge in [0, 0.05) is 24.3 Å². The zero-order chi connectivity index (χ0) is 44.7. The lowest BCUT2D eigenvalue weighted by Crippen LogP contribution is -2.60. The van der Waals surface area contributed by atoms with Crippen LogP contribution in [0.4, 0.5) is 4.79 Å². The van der Waals surface area contributed by atoms with Gasteiger partial charge in [0.05, 0.1) is 29.0 Å². The van der Waals surface area contributed by atoms with Crippen molar-refractivity contribution in [3.8, 4) is 11.6 Å². The average molecular weight is 891 g/mol. The Labute approximate surface area is 371 Å². The van der Waals surface area contributed by atoms with Gasteiger partial charge in [0.15, 0.2) is 0 Å². The molecule has 2 saturated heterocycles. The van der Waals surface area contributed by atoms with Gasteiger partial charge >= 0.3 is 6.09 Å². The van der Waals surface area contributed by atoms with E-state index in [0.29, 0.717) is 37.3 Å². The highest BCUT2D eigenvalue weighted by Gasteiger charge is 2.63. The van der Waals surface area contributed by atoms with E-state index in [4.69, 9.17) is 19.2 Å². The fraction of sp³-hybridized carbons (Fsp3) is 0.681. The third-order valence-corrected chi connectivity index (χ3v) is 16.4. The number of piperidine rings is 1. The number of nitrogens with zero attached hydrogens (tertiary/aromatic N) is 3. The number of sulfonamides is 1. The number of hydrogen-bond donors (Lipinski definition) is 3. The van der Waals surface area contributed by atoms with Crippen LogP contribution >= 0.6 is 0 Å². The maximum Gasteiger partial charge on any atom is 0.408 e. The first-order valence-electron chi connectivity index (χ1n) is 23.2. The molecule has 7 atom stereocenters. The molecule has 15 nitrogen and oxygen atoms in total. The predicted molar refractivity (Wildman–Crippen MR) is 237 cm³/mol. The Kier molecular flexibility index (Phi) is 12.8. The highest BCUT2D eigenvalue weighted by molar-refractivity contribution is 7.91. The van der Waals surface area contributed by atoms with Crippen molar-refractivity contribution in [1.82, 2.24) is 30.1 Å². The molecule has 1 aromatic heterocycles. The van der Waals surface area contributed by atoms with Crippen molar-refractivity contribution in [1.29, 1.82) is 0 Å². The molecule has 4 heterocycles. The van der Waals surface area contributed by atoms with Gasteiger partial charge in [-0.05, 0) is 108 Å². The van der Waals surface area contributed by atoms with E-state index in [0.717, 1.165) is 74.9 Å². The lowest BCUT2D eigenvalue weighted by Gasteiger charge is -2.35. The molecule has 8 rings (SSSR count). The van der Waals surface area contributed by atoms with Crippen molar-refractivity contribution in [2.45, 2.75) is 152 Å². The quantitative estimate of drug-likeness (QED) is 0.190. The smallest absolute Gasteiger partial charge is 0.408 e. The van der Waals surface area contributed by atoms with Gasteiger partial charge in [-0.3, -0.25) is 19.1 Å². The number of hydrogen-bond acceptors (Lipinski definition) is 11. The van der Waals surface area contributed by atoms with Crippen LogP contribution in [0.5, 0.6) is 11.6 Å². The largest absolute Gasteiger partial charge is 0.492 e. The first kappa shape index (κ1) is 45.1. The number of likely N-dealkylation sites (tertiary alicyclic amines) is 1. The molecule has 16 heteroatoms. The van der Waals surface area contributed by atoms with Gasteiger partial charge in [0.1, 0.15) is 35.6 Å². The van der Waals surface area contributed by atoms with Crippen LogP contribution in [0.2, 0.25) is 0 Å². The van der Waals surface area contributed by atoms with E-state index in [2.05, 4.69) is 26.8 Å². The summed E-state index contributed by atoms with van der Waals surface area (Å²) in [5, 5.41) is 6.61. The molecule has 3 N–H and O–H groups in total. The molecule has 3 aliphatic carbocycles. The second-order valence-electron chi connectivity index (χ2n) is 20.2. The van der Waals surface area contributed by atoms with Gasteiger partial charge in [-0.15, -0.1) is 6.58 Å². The molecule has 0 radical (unpaired) electrons. The molecule has 2 aromatic rings. The molecule has 5 fully saturated rings. The molecule has 4 amide bonds. The van der Waals surface area contributed by atoms with Crippen molar-refractivity contribution in [3.63, 3.8) is 0 Å². The van der Waals surface area contributed by atoms with Crippen molar-refractivity contribution >= 4 is 44.7 Å². The van der Waals surface area contributed by atoms with E-state index in [1.54, 1.807) is 6.92 Å². The Morgan fingerprint density at radius 1 is 1.05 bits per heavy atom. The van der Waals surface area contributed by atoms with Crippen LogP contribution in [-0.4, -0.2) is 114 Å². The highest BCUT2D eigenvalue weighted by Crippen LogP contribution is 2.47. The molecule has 1 unspecified atom stereocenters. The molecule has 6 aliphatic rings. The van der Waals surface area contributed by atoms with Gasteiger partial charge in [0.2, 0.25) is 27.7 Å². The Bertz CT molecular complexity index is 2200. The zero-order valence-corrected chi connectivity index (χ0v) is 38.2. The molecule has 3 aliphatic heterocycles. The molecule has 63 heavy (non-hydrogen) atoms. The van der Waals surface area contributed by atoms with E-state index in [1.807, 2.05) is 45.0 Å². The lowest BCUT2D eigenvalue weighted by atomic mass is 9.85. The number of benzene rings is 1. The van der Waals surface area contributed by atoms with Gasteiger partial charge in [-0.25, -0.2) is 18.2 Å². The predicted octanol–water partition coefficient (Wildman–Crippen LogP) is 5.54. The Hall–Kier alpha value is -4.44. The third-order valence-electron chi connectivity index (χ3n) is 14.2. The summed E-state index contributed by atoms with van der Waals surface area (Å²) < 4.78 is 47.0. The van der Waals surface area contributed by atoms with Crippen LogP contribution < -0.4 is 24.8 Å². The van der Waals surface area contributed by atoms with E-state index < -0.39 is 73.6 Å². The third kappa shape index (κ3) is 9.81. The highest BCUT2D eigenvalue weighted by atomic mass is 32.2. The minimum Gasteiger partial charge on any atom is -0.492 e. The minimum absolute atomic E-state index is 0.0261. The number of carbonyl (C=O) groups excluding carboxylic acids is 4. The first-order chi connectivity index (χ1) is 30.0. The number of fused-ring (bicyclic) bond motifs is 5. The summed E-state index contributed by atoms with van der Waals surface area (Å²) in [6.07, 6.45) is 10.6. The zero-order valence-electron chi connectivity index (χ0n) is 37.4. The normalized spacial score (nSPS) is 29.9. The number of pyridine rings is 1. The van der Waals surface area contributed by atoms with Gasteiger partial charge in [-0.2, -0.15) is 0 Å². The molecule has 344 valence electrons. The van der Waals surface area contributed by atoms with Crippen molar-refractivity contribution < 1.29 is 41.8 Å². The number of rotatable bonds is 11. The summed E-state index contributed by atoms with van der Waals surface area (Å²) in [4.78, 5) is 65.7. The molecule has 2 bridgehead atoms. The summed E-state index contributed by atoms with van der Waals surface area (Å²) in [5.41, 5.74) is -0.825. The second kappa shape index (κ2) is 17.9. The van der Waals surface area contributed by atoms with Crippen molar-refractivity contribution in [2.24, 2.45) is 17.3 Å². The van der Waals surface area contributed by atoms with Crippen molar-refractivity contribution in [3.05, 3.63) is 42.5 Å². The second-order valence-corrected chi connectivity index (χ2v) is 22.4. The Morgan fingerprint density at radius 2 is 1.79 bits per heavy atom. The number of amides is 4. The summed E-state index contributed by atoms with van der Waals surface area (Å²) in [7, 11) is -4.01. The van der Waals surface area contributed by atoms with E-state index in [-0.39, 0.29) is 31.4 Å². The molecule has 1 aromatic carbocycles. The molecule has 3 saturated carbocycles. The fourth-order valence-electron chi connectivity index (χ4n) is 9.64. The number of alkyl carbamates (subject to hydrolysis) is 1. The monoisotopic (exact) mass is 890 g/mol. The Balaban J connectivity index is 1.11. The molecular formula is C47H66N6O9S. The summed E-state index contributed by atoms with van der Waals surface area (Å²) in [6, 6.07) is 5.62. The van der Waals surface area contributed by atoms with Crippen molar-refractivity contribution in [2.75, 3.05) is 32.8 Å². The summed E-state index contributed by atoms with van der Waals surface area (Å²) >= 11 is 0. The van der Waals surface area contributed by atoms with Crippen LogP contribution in [0.1, 0.15) is 117 Å². The number of ether oxygens (including phenoxy) is 3. The SMILES string of the molecule is C=C[C@@H]1C[C@]1(NC(=O)[C@@H]1C[C@@H]2CN1C(=O)[C@H](C(C)(C)C)NC(=O)O[C@@H]1CC1CCCCCc1c(nc3ccccc3c1OCCCN1CCCCC1)O2)C(=O)NS(=O)(=O)C1(C)CC1. The van der Waals surface area contributed by atoms with E-state index >= 15 is 0 Å². The van der Waals surface area contributed by atoms with Gasteiger partial charge in [-0.1, -0.05) is 58.2 Å². The van der Waals surface area contributed by atoms with Crippen LogP contribution in [-0.2, 0) is 35.6 Å². The number of carbonyl (C=O) groups is 4. The maximum atomic E-state index is 14.9. The summed E-state index contributed by atoms with van der Waals surface area (Å²) in [6.45, 7) is 14.6. The fourth-order valence-corrected chi connectivity index (χ4v) is 10.9. The topological polar surface area (TPSA) is 186 Å². The lowest BCUT2D eigenvalue weighted by molar-refractivity contribution is -0.142. The summed E-state index contributed by atoms with van der Waals surface area (Å²) in [5.74, 6) is -1.14.